The minimum absolute atomic E-state index is 0.198. The Labute approximate surface area is 175 Å². The van der Waals surface area contributed by atoms with Gasteiger partial charge >= 0.3 is 0 Å². The molecule has 1 aromatic heterocycles. The molecule has 30 heavy (non-hydrogen) atoms. The van der Waals surface area contributed by atoms with Gasteiger partial charge in [-0.15, -0.1) is 0 Å². The van der Waals surface area contributed by atoms with Gasteiger partial charge in [0.2, 0.25) is 16.0 Å². The summed E-state index contributed by atoms with van der Waals surface area (Å²) in [5.74, 6) is 1.83. The summed E-state index contributed by atoms with van der Waals surface area (Å²) in [6, 6.07) is 12.5. The van der Waals surface area contributed by atoms with Crippen molar-refractivity contribution in [2.75, 3.05) is 30.8 Å². The molecule has 8 nitrogen and oxygen atoms in total. The summed E-state index contributed by atoms with van der Waals surface area (Å²) in [6.45, 7) is 2.85. The number of ether oxygens (including phenoxy) is 1. The minimum atomic E-state index is -3.57. The first-order chi connectivity index (χ1) is 14.5. The molecule has 156 valence electrons. The van der Waals surface area contributed by atoms with Crippen LogP contribution in [0.25, 0.3) is 11.1 Å². The topological polar surface area (TPSA) is 105 Å². The van der Waals surface area contributed by atoms with Gasteiger partial charge in [0.05, 0.1) is 12.0 Å². The number of hydrogen-bond donors (Lipinski definition) is 3. The van der Waals surface area contributed by atoms with Crippen molar-refractivity contribution in [3.63, 3.8) is 0 Å². The fourth-order valence-electron chi connectivity index (χ4n) is 3.23. The quantitative estimate of drug-likeness (QED) is 0.578. The lowest BCUT2D eigenvalue weighted by Gasteiger charge is -2.14. The summed E-state index contributed by atoms with van der Waals surface area (Å²) in [5, 5.41) is 6.40. The highest BCUT2D eigenvalue weighted by Gasteiger charge is 2.16. The normalized spacial score (nSPS) is 15.5. The fraction of sp³-hybridized carbons (Fsp3) is 0.238. The summed E-state index contributed by atoms with van der Waals surface area (Å²) in [7, 11) is -1.93. The van der Waals surface area contributed by atoms with E-state index < -0.39 is 10.0 Å². The Balaban J connectivity index is 1.75. The Kier molecular flexibility index (Phi) is 5.56. The van der Waals surface area contributed by atoms with Gasteiger partial charge in [-0.2, -0.15) is 4.98 Å². The van der Waals surface area contributed by atoms with Crippen LogP contribution in [-0.4, -0.2) is 38.6 Å². The van der Waals surface area contributed by atoms with Crippen LogP contribution in [-0.2, 0) is 10.0 Å². The van der Waals surface area contributed by atoms with Crippen molar-refractivity contribution < 1.29 is 13.2 Å². The average molecular weight is 426 g/mol. The van der Waals surface area contributed by atoms with Gasteiger partial charge in [0.1, 0.15) is 11.6 Å². The third-order valence-corrected chi connectivity index (χ3v) is 6.31. The number of nitrogens with one attached hydrogen (secondary N) is 3. The smallest absolute Gasteiger partial charge is 0.240 e. The number of aryl methyl sites for hydroxylation is 1. The molecule has 4 rings (SSSR count). The van der Waals surface area contributed by atoms with Gasteiger partial charge in [-0.3, -0.25) is 0 Å². The lowest BCUT2D eigenvalue weighted by Crippen LogP contribution is -2.26. The van der Waals surface area contributed by atoms with Crippen LogP contribution in [0.1, 0.15) is 12.0 Å². The molecule has 0 amide bonds. The van der Waals surface area contributed by atoms with Crippen LogP contribution < -0.4 is 20.1 Å². The Morgan fingerprint density at radius 3 is 2.80 bits per heavy atom. The van der Waals surface area contributed by atoms with Crippen LogP contribution in [0.15, 0.2) is 53.6 Å². The van der Waals surface area contributed by atoms with E-state index in [0.29, 0.717) is 37.0 Å². The van der Waals surface area contributed by atoms with E-state index in [1.165, 1.54) is 0 Å². The molecule has 0 saturated carbocycles. The molecule has 1 aliphatic rings. The first-order valence-corrected chi connectivity index (χ1v) is 11.1. The van der Waals surface area contributed by atoms with E-state index in [1.54, 1.807) is 37.6 Å². The summed E-state index contributed by atoms with van der Waals surface area (Å²) >= 11 is 0. The van der Waals surface area contributed by atoms with E-state index in [4.69, 9.17) is 4.74 Å². The van der Waals surface area contributed by atoms with Crippen LogP contribution in [0, 0.1) is 6.92 Å². The van der Waals surface area contributed by atoms with Gasteiger partial charge in [0, 0.05) is 30.5 Å². The highest BCUT2D eigenvalue weighted by molar-refractivity contribution is 7.89. The van der Waals surface area contributed by atoms with Crippen LogP contribution in [0.5, 0.6) is 5.75 Å². The zero-order valence-corrected chi connectivity index (χ0v) is 17.6. The van der Waals surface area contributed by atoms with Crippen LogP contribution >= 0.6 is 0 Å². The Hall–Kier alpha value is -3.17. The van der Waals surface area contributed by atoms with Crippen molar-refractivity contribution in [3.05, 3.63) is 54.2 Å². The summed E-state index contributed by atoms with van der Waals surface area (Å²) < 4.78 is 33.0. The third-order valence-electron chi connectivity index (χ3n) is 4.85. The number of nitrogens with zero attached hydrogens (tertiary/aromatic N) is 2. The van der Waals surface area contributed by atoms with Gasteiger partial charge in [-0.05, 0) is 48.7 Å². The molecule has 0 fully saturated rings. The molecule has 0 spiro atoms. The highest BCUT2D eigenvalue weighted by Crippen LogP contribution is 2.31. The zero-order valence-electron chi connectivity index (χ0n) is 16.8. The van der Waals surface area contributed by atoms with Gasteiger partial charge in [-0.25, -0.2) is 18.1 Å². The number of sulfonamides is 1. The third kappa shape index (κ3) is 4.22. The molecule has 0 saturated heterocycles. The molecule has 2 aromatic carbocycles. The van der Waals surface area contributed by atoms with E-state index >= 15 is 0 Å². The van der Waals surface area contributed by atoms with Crippen molar-refractivity contribution in [1.29, 1.82) is 0 Å². The van der Waals surface area contributed by atoms with E-state index in [1.807, 2.05) is 25.1 Å². The number of anilines is 3. The molecule has 0 aliphatic carbocycles. The molecule has 0 atom stereocenters. The van der Waals surface area contributed by atoms with Crippen LogP contribution in [0.3, 0.4) is 0 Å². The van der Waals surface area contributed by atoms with Gasteiger partial charge in [0.15, 0.2) is 0 Å². The summed E-state index contributed by atoms with van der Waals surface area (Å²) in [4.78, 5) is 9.27. The Bertz CT molecular complexity index is 1180. The van der Waals surface area contributed by atoms with E-state index in [0.717, 1.165) is 22.4 Å². The SMILES string of the molecule is COc1cc(-c2cnc3nc2NCCCNS(=O)(=O)c2cccc(c2)N3)ccc1C. The molecule has 2 heterocycles. The molecule has 0 radical (unpaired) electrons. The maximum absolute atomic E-state index is 12.5. The number of methoxy groups -OCH3 is 1. The van der Waals surface area contributed by atoms with Crippen molar-refractivity contribution >= 4 is 27.5 Å². The van der Waals surface area contributed by atoms with E-state index in [2.05, 4.69) is 25.3 Å². The number of fused-ring (bicyclic) bond motifs is 4. The van der Waals surface area contributed by atoms with Crippen molar-refractivity contribution in [2.24, 2.45) is 0 Å². The first-order valence-electron chi connectivity index (χ1n) is 9.59. The minimum Gasteiger partial charge on any atom is -0.496 e. The Morgan fingerprint density at radius 1 is 1.10 bits per heavy atom. The molecular weight excluding hydrogens is 402 g/mol. The maximum Gasteiger partial charge on any atom is 0.240 e. The van der Waals surface area contributed by atoms with Gasteiger partial charge < -0.3 is 15.4 Å². The van der Waals surface area contributed by atoms with Gasteiger partial charge in [-0.1, -0.05) is 18.2 Å². The van der Waals surface area contributed by atoms with Crippen molar-refractivity contribution in [3.8, 4) is 16.9 Å². The second-order valence-electron chi connectivity index (χ2n) is 6.97. The summed E-state index contributed by atoms with van der Waals surface area (Å²) in [6.07, 6.45) is 2.35. The molecule has 9 heteroatoms. The standard InChI is InChI=1S/C21H23N5O3S/c1-14-7-8-15(11-19(14)29-2)18-13-23-21-25-16-5-3-6-17(12-16)30(27,28)24-10-4-9-22-20(18)26-21/h3,5-8,11-13,24H,4,9-10H2,1-2H3,(H2,22,23,25,26). The molecule has 3 aromatic rings. The zero-order chi connectivity index (χ0) is 21.1. The largest absolute Gasteiger partial charge is 0.496 e. The number of hydrogen-bond acceptors (Lipinski definition) is 7. The monoisotopic (exact) mass is 425 g/mol. The lowest BCUT2D eigenvalue weighted by atomic mass is 10.1. The molecule has 1 aliphatic heterocycles. The highest BCUT2D eigenvalue weighted by atomic mass is 32.2. The van der Waals surface area contributed by atoms with E-state index in [-0.39, 0.29) is 4.90 Å². The molecular formula is C21H23N5O3S. The van der Waals surface area contributed by atoms with Crippen LogP contribution in [0.4, 0.5) is 17.5 Å². The second-order valence-corrected chi connectivity index (χ2v) is 8.74. The second kappa shape index (κ2) is 8.29. The Morgan fingerprint density at radius 2 is 1.97 bits per heavy atom. The number of benzene rings is 2. The summed E-state index contributed by atoms with van der Waals surface area (Å²) in [5.41, 5.74) is 3.40. The average Bonchev–Trinajstić information content (AvgIpc) is 2.74. The maximum atomic E-state index is 12.5. The van der Waals surface area contributed by atoms with Gasteiger partial charge in [0.25, 0.3) is 0 Å². The number of rotatable bonds is 2. The van der Waals surface area contributed by atoms with Crippen LogP contribution in [0.2, 0.25) is 0 Å². The predicted molar refractivity (Wildman–Crippen MR) is 117 cm³/mol. The van der Waals surface area contributed by atoms with E-state index in [9.17, 15) is 8.42 Å². The van der Waals surface area contributed by atoms with Crippen molar-refractivity contribution in [2.45, 2.75) is 18.2 Å². The molecule has 0 unspecified atom stereocenters. The lowest BCUT2D eigenvalue weighted by molar-refractivity contribution is 0.412. The molecule has 4 bridgehead atoms. The number of aromatic nitrogens is 2. The fourth-order valence-corrected chi connectivity index (χ4v) is 4.35. The van der Waals surface area contributed by atoms with Crippen molar-refractivity contribution in [1.82, 2.24) is 14.7 Å². The predicted octanol–water partition coefficient (Wildman–Crippen LogP) is 3.30. The first kappa shape index (κ1) is 20.1. The molecule has 3 N–H and O–H groups in total.